The highest BCUT2D eigenvalue weighted by Crippen LogP contribution is 2.23. The molecule has 4 heteroatoms. The molecule has 0 unspecified atom stereocenters. The van der Waals surface area contributed by atoms with Gasteiger partial charge in [-0.1, -0.05) is 18.2 Å². The summed E-state index contributed by atoms with van der Waals surface area (Å²) < 4.78 is 0. The van der Waals surface area contributed by atoms with Gasteiger partial charge in [0, 0.05) is 26.2 Å². The average Bonchev–Trinajstić information content (AvgIpc) is 2.41. The first kappa shape index (κ1) is 12.1. The molecular weight excluding hydrogens is 214 g/mol. The van der Waals surface area contributed by atoms with Crippen LogP contribution in [0.25, 0.3) is 0 Å². The van der Waals surface area contributed by atoms with Crippen molar-refractivity contribution in [3.05, 3.63) is 35.4 Å². The Labute approximate surface area is 101 Å². The second-order valence-corrected chi connectivity index (χ2v) is 4.18. The lowest BCUT2D eigenvalue weighted by molar-refractivity contribution is 0.110. The molecule has 90 valence electrons. The quantitative estimate of drug-likeness (QED) is 0.795. The van der Waals surface area contributed by atoms with Crippen molar-refractivity contribution in [2.24, 2.45) is 0 Å². The highest BCUT2D eigenvalue weighted by Gasteiger charge is 2.23. The molecule has 17 heavy (non-hydrogen) atoms. The predicted molar refractivity (Wildman–Crippen MR) is 65.4 cm³/mol. The Morgan fingerprint density at radius 1 is 1.35 bits per heavy atom. The molecule has 4 nitrogen and oxygen atoms in total. The number of hydrogen-bond donors (Lipinski definition) is 2. The number of rotatable bonds is 3. The van der Waals surface area contributed by atoms with Crippen LogP contribution in [0, 0.1) is 11.3 Å². The third-order valence-corrected chi connectivity index (χ3v) is 3.21. The Bertz CT molecular complexity index is 407. The third-order valence-electron chi connectivity index (χ3n) is 3.21. The van der Waals surface area contributed by atoms with E-state index in [2.05, 4.69) is 16.3 Å². The molecule has 2 N–H and O–H groups in total. The van der Waals surface area contributed by atoms with Gasteiger partial charge in [-0.15, -0.1) is 0 Å². The van der Waals surface area contributed by atoms with E-state index in [-0.39, 0.29) is 12.6 Å². The molecule has 1 aliphatic heterocycles. The Morgan fingerprint density at radius 3 is 2.71 bits per heavy atom. The number of aliphatic hydroxyl groups excluding tert-OH is 1. The summed E-state index contributed by atoms with van der Waals surface area (Å²) in [7, 11) is 0. The summed E-state index contributed by atoms with van der Waals surface area (Å²) in [5, 5.41) is 22.0. The van der Waals surface area contributed by atoms with Crippen molar-refractivity contribution in [2.75, 3.05) is 32.8 Å². The fourth-order valence-electron chi connectivity index (χ4n) is 2.29. The molecule has 0 bridgehead atoms. The fourth-order valence-corrected chi connectivity index (χ4v) is 2.29. The minimum absolute atomic E-state index is 0.0543. The summed E-state index contributed by atoms with van der Waals surface area (Å²) in [6.45, 7) is 3.74. The van der Waals surface area contributed by atoms with Gasteiger partial charge in [0.15, 0.2) is 0 Å². The van der Waals surface area contributed by atoms with Gasteiger partial charge in [0.1, 0.15) is 0 Å². The van der Waals surface area contributed by atoms with Crippen molar-refractivity contribution in [2.45, 2.75) is 6.04 Å². The molecule has 1 aliphatic rings. The molecule has 1 saturated heterocycles. The van der Waals surface area contributed by atoms with Gasteiger partial charge in [0.2, 0.25) is 0 Å². The maximum atomic E-state index is 9.58. The lowest BCUT2D eigenvalue weighted by atomic mass is 10.00. The van der Waals surface area contributed by atoms with E-state index in [1.807, 2.05) is 18.2 Å². The number of benzene rings is 1. The van der Waals surface area contributed by atoms with E-state index in [9.17, 15) is 5.11 Å². The molecule has 1 atom stereocenters. The van der Waals surface area contributed by atoms with E-state index in [0.29, 0.717) is 5.56 Å². The van der Waals surface area contributed by atoms with Crippen LogP contribution in [0.2, 0.25) is 0 Å². The molecular formula is C13H17N3O. The highest BCUT2D eigenvalue weighted by atomic mass is 16.3. The van der Waals surface area contributed by atoms with E-state index in [1.165, 1.54) is 0 Å². The van der Waals surface area contributed by atoms with Gasteiger partial charge < -0.3 is 10.4 Å². The zero-order valence-electron chi connectivity index (χ0n) is 9.76. The molecule has 2 rings (SSSR count). The van der Waals surface area contributed by atoms with Crippen LogP contribution in [-0.2, 0) is 0 Å². The number of hydrogen-bond acceptors (Lipinski definition) is 4. The van der Waals surface area contributed by atoms with Gasteiger partial charge in [-0.05, 0) is 11.6 Å². The smallest absolute Gasteiger partial charge is 0.0995 e. The van der Waals surface area contributed by atoms with Crippen molar-refractivity contribution >= 4 is 0 Å². The summed E-state index contributed by atoms with van der Waals surface area (Å²) in [6, 6.07) is 9.64. The lowest BCUT2D eigenvalue weighted by Crippen LogP contribution is -2.46. The Balaban J connectivity index is 2.25. The lowest BCUT2D eigenvalue weighted by Gasteiger charge is -2.34. The van der Waals surface area contributed by atoms with Crippen LogP contribution in [0.3, 0.4) is 0 Å². The monoisotopic (exact) mass is 231 g/mol. The minimum atomic E-state index is -0.0621. The maximum Gasteiger partial charge on any atom is 0.0995 e. The molecule has 0 aliphatic carbocycles. The van der Waals surface area contributed by atoms with Crippen LogP contribution in [0.5, 0.6) is 0 Å². The Morgan fingerprint density at radius 2 is 2.06 bits per heavy atom. The summed E-state index contributed by atoms with van der Waals surface area (Å²) in [4.78, 5) is 2.23. The van der Waals surface area contributed by atoms with Crippen molar-refractivity contribution in [3.63, 3.8) is 0 Å². The van der Waals surface area contributed by atoms with Gasteiger partial charge in [-0.25, -0.2) is 0 Å². The van der Waals surface area contributed by atoms with E-state index < -0.39 is 0 Å². The molecule has 1 fully saturated rings. The van der Waals surface area contributed by atoms with Crippen LogP contribution in [0.4, 0.5) is 0 Å². The van der Waals surface area contributed by atoms with E-state index >= 15 is 0 Å². The average molecular weight is 231 g/mol. The first-order valence-corrected chi connectivity index (χ1v) is 5.91. The number of piperazine rings is 1. The highest BCUT2D eigenvalue weighted by molar-refractivity contribution is 5.39. The SMILES string of the molecule is N#Cc1ccccc1[C@@H](CO)N1CCNCC1. The summed E-state index contributed by atoms with van der Waals surface area (Å²) in [6.07, 6.45) is 0. The summed E-state index contributed by atoms with van der Waals surface area (Å²) >= 11 is 0. The van der Waals surface area contributed by atoms with Gasteiger partial charge in [-0.3, -0.25) is 4.90 Å². The van der Waals surface area contributed by atoms with Crippen molar-refractivity contribution < 1.29 is 5.11 Å². The largest absolute Gasteiger partial charge is 0.394 e. The minimum Gasteiger partial charge on any atom is -0.394 e. The predicted octanol–water partition coefficient (Wildman–Crippen LogP) is 0.497. The van der Waals surface area contributed by atoms with Crippen molar-refractivity contribution in [1.29, 1.82) is 5.26 Å². The molecule has 0 radical (unpaired) electrons. The zero-order valence-corrected chi connectivity index (χ0v) is 9.76. The van der Waals surface area contributed by atoms with Crippen LogP contribution in [-0.4, -0.2) is 42.8 Å². The number of aliphatic hydroxyl groups is 1. The van der Waals surface area contributed by atoms with Crippen LogP contribution < -0.4 is 5.32 Å². The first-order chi connectivity index (χ1) is 8.36. The van der Waals surface area contributed by atoms with Gasteiger partial charge in [-0.2, -0.15) is 5.26 Å². The normalized spacial score (nSPS) is 18.6. The number of nitrogens with zero attached hydrogens (tertiary/aromatic N) is 2. The number of nitrogens with one attached hydrogen (secondary N) is 1. The fraction of sp³-hybridized carbons (Fsp3) is 0.462. The Kier molecular flexibility index (Phi) is 4.10. The van der Waals surface area contributed by atoms with E-state index in [0.717, 1.165) is 31.7 Å². The first-order valence-electron chi connectivity index (χ1n) is 5.91. The van der Waals surface area contributed by atoms with Crippen molar-refractivity contribution in [1.82, 2.24) is 10.2 Å². The van der Waals surface area contributed by atoms with Crippen LogP contribution in [0.15, 0.2) is 24.3 Å². The molecule has 0 aromatic heterocycles. The zero-order chi connectivity index (χ0) is 12.1. The third kappa shape index (κ3) is 2.64. The molecule has 1 aromatic carbocycles. The maximum absolute atomic E-state index is 9.58. The standard InChI is InChI=1S/C13H17N3O/c14-9-11-3-1-2-4-12(11)13(10-17)16-7-5-15-6-8-16/h1-4,13,15,17H,5-8,10H2/t13-/m1/s1. The van der Waals surface area contributed by atoms with E-state index in [1.54, 1.807) is 6.07 Å². The molecule has 0 amide bonds. The molecule has 1 heterocycles. The Hall–Kier alpha value is -1.41. The topological polar surface area (TPSA) is 59.3 Å². The molecule has 0 spiro atoms. The summed E-state index contributed by atoms with van der Waals surface area (Å²) in [5.41, 5.74) is 1.59. The van der Waals surface area contributed by atoms with Crippen LogP contribution >= 0.6 is 0 Å². The second kappa shape index (κ2) is 5.78. The number of nitriles is 1. The van der Waals surface area contributed by atoms with Gasteiger partial charge in [0.25, 0.3) is 0 Å². The van der Waals surface area contributed by atoms with E-state index in [4.69, 9.17) is 5.26 Å². The summed E-state index contributed by atoms with van der Waals surface area (Å²) in [5.74, 6) is 0. The molecule has 0 saturated carbocycles. The van der Waals surface area contributed by atoms with Gasteiger partial charge in [0.05, 0.1) is 24.3 Å². The second-order valence-electron chi connectivity index (χ2n) is 4.18. The van der Waals surface area contributed by atoms with Gasteiger partial charge >= 0.3 is 0 Å². The van der Waals surface area contributed by atoms with Crippen molar-refractivity contribution in [3.8, 4) is 6.07 Å². The molecule has 1 aromatic rings. The van der Waals surface area contributed by atoms with Crippen LogP contribution in [0.1, 0.15) is 17.2 Å².